The lowest BCUT2D eigenvalue weighted by Crippen LogP contribution is -2.66. The summed E-state index contributed by atoms with van der Waals surface area (Å²) in [6.45, 7) is 3.08. The average Bonchev–Trinajstić information content (AvgIpc) is 2.79. The van der Waals surface area contributed by atoms with Crippen LogP contribution in [0.1, 0.15) is 22.7 Å². The Hall–Kier alpha value is -2.87. The average molecular weight is 469 g/mol. The maximum Gasteiger partial charge on any atom is 0.297 e. The fourth-order valence-electron chi connectivity index (χ4n) is 4.57. The molecule has 33 heavy (non-hydrogen) atoms. The summed E-state index contributed by atoms with van der Waals surface area (Å²) in [7, 11) is 1.63. The molecule has 0 spiro atoms. The molecule has 3 aromatic rings. The summed E-state index contributed by atoms with van der Waals surface area (Å²) in [4.78, 5) is 0.191. The minimum Gasteiger partial charge on any atom is -0.497 e. The number of hydrogen-bond donors (Lipinski definition) is 0. The van der Waals surface area contributed by atoms with E-state index in [1.54, 1.807) is 38.5 Å². The van der Waals surface area contributed by atoms with Gasteiger partial charge in [-0.1, -0.05) is 17.7 Å². The number of rotatable bonds is 8. The summed E-state index contributed by atoms with van der Waals surface area (Å²) >= 11 is 0. The molecule has 6 nitrogen and oxygen atoms in total. The van der Waals surface area contributed by atoms with Crippen LogP contribution in [0.25, 0.3) is 0 Å². The summed E-state index contributed by atoms with van der Waals surface area (Å²) < 4.78 is 42.4. The SMILES string of the molecule is COc1ccc(C(c2ccc(OC)cc2)[N+]2(C)CC(OS(=O)(=O)c3ccc(C)cc3)C2)cc1. The van der Waals surface area contributed by atoms with Crippen LogP contribution >= 0.6 is 0 Å². The van der Waals surface area contributed by atoms with Gasteiger partial charge in [0.05, 0.1) is 26.2 Å². The number of ether oxygens (including phenoxy) is 2. The first-order valence-corrected chi connectivity index (χ1v) is 12.3. The maximum atomic E-state index is 12.8. The van der Waals surface area contributed by atoms with Crippen LogP contribution in [0.5, 0.6) is 11.5 Å². The van der Waals surface area contributed by atoms with E-state index in [0.717, 1.165) is 28.2 Å². The van der Waals surface area contributed by atoms with Gasteiger partial charge in [-0.3, -0.25) is 4.18 Å². The van der Waals surface area contributed by atoms with Crippen molar-refractivity contribution in [3.8, 4) is 11.5 Å². The molecular formula is C26H30NO5S+. The van der Waals surface area contributed by atoms with Gasteiger partial charge in [0, 0.05) is 11.1 Å². The molecule has 1 aliphatic heterocycles. The predicted molar refractivity (Wildman–Crippen MR) is 127 cm³/mol. The van der Waals surface area contributed by atoms with E-state index in [9.17, 15) is 8.42 Å². The van der Waals surface area contributed by atoms with Crippen molar-refractivity contribution in [2.75, 3.05) is 34.4 Å². The Labute approximate surface area is 196 Å². The summed E-state index contributed by atoms with van der Waals surface area (Å²) in [5.74, 6) is 1.59. The van der Waals surface area contributed by atoms with Crippen LogP contribution in [0.15, 0.2) is 77.7 Å². The fourth-order valence-corrected chi connectivity index (χ4v) is 5.63. The summed E-state index contributed by atoms with van der Waals surface area (Å²) in [5, 5.41) is 0. The monoisotopic (exact) mass is 468 g/mol. The Bertz CT molecular complexity index is 1140. The quantitative estimate of drug-likeness (QED) is 0.364. The van der Waals surface area contributed by atoms with E-state index in [1.807, 2.05) is 31.2 Å². The van der Waals surface area contributed by atoms with Crippen molar-refractivity contribution in [3.05, 3.63) is 89.5 Å². The second-order valence-electron chi connectivity index (χ2n) is 8.78. The van der Waals surface area contributed by atoms with Crippen molar-refractivity contribution in [1.29, 1.82) is 0 Å². The van der Waals surface area contributed by atoms with Crippen molar-refractivity contribution in [3.63, 3.8) is 0 Å². The van der Waals surface area contributed by atoms with E-state index in [4.69, 9.17) is 13.7 Å². The lowest BCUT2D eigenvalue weighted by Gasteiger charge is -2.51. The highest BCUT2D eigenvalue weighted by Gasteiger charge is 2.50. The summed E-state index contributed by atoms with van der Waals surface area (Å²) in [6.07, 6.45) is -0.375. The number of aryl methyl sites for hydroxylation is 1. The molecule has 4 rings (SSSR count). The Balaban J connectivity index is 1.57. The molecule has 0 saturated carbocycles. The van der Waals surface area contributed by atoms with Crippen LogP contribution in [-0.4, -0.2) is 53.4 Å². The van der Waals surface area contributed by atoms with Crippen molar-refractivity contribution < 1.29 is 26.6 Å². The normalized spacial score (nSPS) is 20.3. The molecule has 0 aromatic heterocycles. The molecule has 0 aliphatic carbocycles. The number of methoxy groups -OCH3 is 2. The van der Waals surface area contributed by atoms with Crippen LogP contribution in [0.4, 0.5) is 0 Å². The molecule has 1 heterocycles. The van der Waals surface area contributed by atoms with Gasteiger partial charge in [0.1, 0.15) is 30.6 Å². The maximum absolute atomic E-state index is 12.8. The Morgan fingerprint density at radius 3 is 1.67 bits per heavy atom. The molecule has 0 N–H and O–H groups in total. The zero-order chi connectivity index (χ0) is 23.6. The number of nitrogens with zero attached hydrogens (tertiary/aromatic N) is 1. The summed E-state index contributed by atoms with van der Waals surface area (Å²) in [6, 6.07) is 22.8. The summed E-state index contributed by atoms with van der Waals surface area (Å²) in [5.41, 5.74) is 3.26. The molecule has 3 aromatic carbocycles. The van der Waals surface area contributed by atoms with Gasteiger partial charge >= 0.3 is 0 Å². The van der Waals surface area contributed by atoms with Crippen LogP contribution in [0.3, 0.4) is 0 Å². The largest absolute Gasteiger partial charge is 0.497 e. The van der Waals surface area contributed by atoms with E-state index in [1.165, 1.54) is 0 Å². The molecule has 174 valence electrons. The van der Waals surface area contributed by atoms with Gasteiger partial charge in [0.2, 0.25) is 0 Å². The zero-order valence-electron chi connectivity index (χ0n) is 19.4. The lowest BCUT2D eigenvalue weighted by atomic mass is 9.90. The molecule has 0 amide bonds. The Kier molecular flexibility index (Phi) is 6.47. The first-order chi connectivity index (χ1) is 15.7. The van der Waals surface area contributed by atoms with Crippen molar-refractivity contribution in [2.24, 2.45) is 0 Å². The fraction of sp³-hybridized carbons (Fsp3) is 0.308. The number of likely N-dealkylation sites (N-methyl/N-ethyl adjacent to an activating group) is 1. The standard InChI is InChI=1S/C26H30NO5S/c1-19-5-15-25(16-6-19)33(28,29)32-24-17-27(2,18-24)26(20-7-11-22(30-3)12-8-20)21-9-13-23(31-4)14-10-21/h5-16,24,26H,17-18H2,1-4H3/q+1. The topological polar surface area (TPSA) is 61.8 Å². The van der Waals surface area contributed by atoms with E-state index in [-0.39, 0.29) is 17.0 Å². The smallest absolute Gasteiger partial charge is 0.297 e. The molecule has 1 fully saturated rings. The Morgan fingerprint density at radius 2 is 1.24 bits per heavy atom. The highest BCUT2D eigenvalue weighted by Crippen LogP contribution is 2.40. The number of hydrogen-bond acceptors (Lipinski definition) is 5. The van der Waals surface area contributed by atoms with E-state index in [2.05, 4.69) is 31.3 Å². The first kappa shape index (κ1) is 23.3. The van der Waals surface area contributed by atoms with Gasteiger partial charge in [0.25, 0.3) is 10.1 Å². The van der Waals surface area contributed by atoms with Gasteiger partial charge < -0.3 is 14.0 Å². The number of likely N-dealkylation sites (tertiary alicyclic amines) is 1. The molecule has 1 saturated heterocycles. The van der Waals surface area contributed by atoms with Gasteiger partial charge in [0.15, 0.2) is 6.10 Å². The molecular weight excluding hydrogens is 438 g/mol. The highest BCUT2D eigenvalue weighted by molar-refractivity contribution is 7.86. The van der Waals surface area contributed by atoms with Crippen molar-refractivity contribution in [1.82, 2.24) is 0 Å². The number of quaternary nitrogens is 1. The van der Waals surface area contributed by atoms with Crippen molar-refractivity contribution >= 4 is 10.1 Å². The molecule has 0 bridgehead atoms. The minimum atomic E-state index is -3.80. The Morgan fingerprint density at radius 1 is 0.788 bits per heavy atom. The van der Waals surface area contributed by atoms with Crippen LogP contribution in [0, 0.1) is 6.92 Å². The molecule has 0 unspecified atom stereocenters. The third kappa shape index (κ3) is 4.90. The van der Waals surface area contributed by atoms with Gasteiger partial charge in [-0.05, 0) is 67.6 Å². The third-order valence-electron chi connectivity index (χ3n) is 6.30. The second kappa shape index (κ2) is 9.17. The van der Waals surface area contributed by atoms with Crippen molar-refractivity contribution in [2.45, 2.75) is 24.0 Å². The molecule has 1 aliphatic rings. The minimum absolute atomic E-state index is 0.0174. The highest BCUT2D eigenvalue weighted by atomic mass is 32.2. The molecule has 7 heteroatoms. The number of benzene rings is 3. The predicted octanol–water partition coefficient (Wildman–Crippen LogP) is 4.34. The molecule has 0 radical (unpaired) electrons. The van der Waals surface area contributed by atoms with Gasteiger partial charge in [-0.15, -0.1) is 0 Å². The molecule has 0 atom stereocenters. The van der Waals surface area contributed by atoms with E-state index < -0.39 is 10.1 Å². The van der Waals surface area contributed by atoms with Crippen LogP contribution < -0.4 is 9.47 Å². The van der Waals surface area contributed by atoms with Crippen LogP contribution in [0.2, 0.25) is 0 Å². The second-order valence-corrected chi connectivity index (χ2v) is 10.4. The van der Waals surface area contributed by atoms with E-state index >= 15 is 0 Å². The first-order valence-electron chi connectivity index (χ1n) is 10.9. The zero-order valence-corrected chi connectivity index (χ0v) is 20.2. The van der Waals surface area contributed by atoms with Crippen LogP contribution in [-0.2, 0) is 14.3 Å². The lowest BCUT2D eigenvalue weighted by molar-refractivity contribution is -0.976. The van der Waals surface area contributed by atoms with E-state index in [0.29, 0.717) is 17.6 Å². The van der Waals surface area contributed by atoms with Gasteiger partial charge in [-0.2, -0.15) is 8.42 Å². The third-order valence-corrected chi connectivity index (χ3v) is 7.68. The van der Waals surface area contributed by atoms with Gasteiger partial charge in [-0.25, -0.2) is 0 Å².